The van der Waals surface area contributed by atoms with Crippen LogP contribution < -0.4 is 10.5 Å². The first-order valence-corrected chi connectivity index (χ1v) is 5.93. The molecule has 0 bridgehead atoms. The lowest BCUT2D eigenvalue weighted by molar-refractivity contribution is 0.387. The summed E-state index contributed by atoms with van der Waals surface area (Å²) in [5, 5.41) is 0. The standard InChI is InChI=1S/C13H18N4O/c1-17-9-8-15-12(17)6-5-11(14)10-4-3-7-16-13(10)18-2/h3-4,7-9,11H,5-6,14H2,1-2H3. The van der Waals surface area contributed by atoms with Gasteiger partial charge in [0.1, 0.15) is 5.82 Å². The van der Waals surface area contributed by atoms with Crippen molar-refractivity contribution in [3.05, 3.63) is 42.1 Å². The van der Waals surface area contributed by atoms with E-state index in [1.807, 2.05) is 29.9 Å². The Balaban J connectivity index is 2.03. The van der Waals surface area contributed by atoms with Crippen LogP contribution in [0.25, 0.3) is 0 Å². The molecule has 0 aliphatic rings. The highest BCUT2D eigenvalue weighted by atomic mass is 16.5. The molecule has 1 atom stereocenters. The molecule has 96 valence electrons. The van der Waals surface area contributed by atoms with Crippen molar-refractivity contribution < 1.29 is 4.74 Å². The van der Waals surface area contributed by atoms with Crippen LogP contribution >= 0.6 is 0 Å². The first-order chi connectivity index (χ1) is 8.72. The molecule has 0 amide bonds. The Labute approximate surface area is 107 Å². The van der Waals surface area contributed by atoms with Gasteiger partial charge in [0.25, 0.3) is 0 Å². The minimum absolute atomic E-state index is 0.0923. The van der Waals surface area contributed by atoms with Crippen LogP contribution in [0.3, 0.4) is 0 Å². The van der Waals surface area contributed by atoms with Crippen molar-refractivity contribution in [3.63, 3.8) is 0 Å². The second-order valence-electron chi connectivity index (χ2n) is 4.20. The van der Waals surface area contributed by atoms with Crippen molar-refractivity contribution in [1.29, 1.82) is 0 Å². The number of imidazole rings is 1. The maximum atomic E-state index is 6.18. The van der Waals surface area contributed by atoms with E-state index < -0.39 is 0 Å². The fraction of sp³-hybridized carbons (Fsp3) is 0.385. The van der Waals surface area contributed by atoms with Crippen LogP contribution in [0.15, 0.2) is 30.7 Å². The zero-order chi connectivity index (χ0) is 13.0. The van der Waals surface area contributed by atoms with E-state index in [4.69, 9.17) is 10.5 Å². The molecule has 0 aromatic carbocycles. The molecule has 0 saturated carbocycles. The summed E-state index contributed by atoms with van der Waals surface area (Å²) in [4.78, 5) is 8.44. The number of aryl methyl sites for hydroxylation is 2. The molecule has 2 aromatic heterocycles. The van der Waals surface area contributed by atoms with Gasteiger partial charge < -0.3 is 15.0 Å². The van der Waals surface area contributed by atoms with E-state index in [0.29, 0.717) is 5.88 Å². The van der Waals surface area contributed by atoms with Gasteiger partial charge in [-0.1, -0.05) is 6.07 Å². The number of ether oxygens (including phenoxy) is 1. The summed E-state index contributed by atoms with van der Waals surface area (Å²) < 4.78 is 7.22. The van der Waals surface area contributed by atoms with Gasteiger partial charge in [-0.15, -0.1) is 0 Å². The number of nitrogens with two attached hydrogens (primary N) is 1. The molecule has 0 fully saturated rings. The van der Waals surface area contributed by atoms with Gasteiger partial charge in [0.15, 0.2) is 0 Å². The van der Waals surface area contributed by atoms with Crippen LogP contribution in [0.2, 0.25) is 0 Å². The Kier molecular flexibility index (Phi) is 3.94. The molecule has 5 heteroatoms. The van der Waals surface area contributed by atoms with Gasteiger partial charge >= 0.3 is 0 Å². The molecule has 5 nitrogen and oxygen atoms in total. The van der Waals surface area contributed by atoms with Gasteiger partial charge in [-0.25, -0.2) is 9.97 Å². The summed E-state index contributed by atoms with van der Waals surface area (Å²) in [5.74, 6) is 1.64. The number of rotatable bonds is 5. The highest BCUT2D eigenvalue weighted by molar-refractivity contribution is 5.28. The monoisotopic (exact) mass is 246 g/mol. The Hall–Kier alpha value is -1.88. The van der Waals surface area contributed by atoms with Crippen LogP contribution in [0.1, 0.15) is 23.9 Å². The summed E-state index contributed by atoms with van der Waals surface area (Å²) in [6.07, 6.45) is 7.08. The Morgan fingerprint density at radius 2 is 2.22 bits per heavy atom. The van der Waals surface area contributed by atoms with Crippen LogP contribution in [0.5, 0.6) is 5.88 Å². The molecular weight excluding hydrogens is 228 g/mol. The molecule has 2 heterocycles. The molecule has 0 spiro atoms. The summed E-state index contributed by atoms with van der Waals surface area (Å²) in [5.41, 5.74) is 7.12. The minimum Gasteiger partial charge on any atom is -0.481 e. The van der Waals surface area contributed by atoms with Gasteiger partial charge in [-0.2, -0.15) is 0 Å². The van der Waals surface area contributed by atoms with Crippen molar-refractivity contribution in [1.82, 2.24) is 14.5 Å². The number of hydrogen-bond acceptors (Lipinski definition) is 4. The lowest BCUT2D eigenvalue weighted by Gasteiger charge is -2.14. The first kappa shape index (κ1) is 12.6. The van der Waals surface area contributed by atoms with E-state index in [1.165, 1.54) is 0 Å². The third kappa shape index (κ3) is 2.68. The summed E-state index contributed by atoms with van der Waals surface area (Å²) in [6, 6.07) is 3.73. The van der Waals surface area contributed by atoms with Gasteiger partial charge in [0.2, 0.25) is 5.88 Å². The van der Waals surface area contributed by atoms with Crippen LogP contribution in [0, 0.1) is 0 Å². The first-order valence-electron chi connectivity index (χ1n) is 5.93. The summed E-state index contributed by atoms with van der Waals surface area (Å²) in [6.45, 7) is 0. The van der Waals surface area contributed by atoms with Crippen molar-refractivity contribution in [2.75, 3.05) is 7.11 Å². The number of pyridine rings is 1. The van der Waals surface area contributed by atoms with Gasteiger partial charge in [-0.3, -0.25) is 0 Å². The third-order valence-corrected chi connectivity index (χ3v) is 2.99. The predicted octanol–water partition coefficient (Wildman–Crippen LogP) is 1.46. The molecule has 2 rings (SSSR count). The molecule has 0 saturated heterocycles. The number of methoxy groups -OCH3 is 1. The van der Waals surface area contributed by atoms with Gasteiger partial charge in [-0.05, 0) is 12.5 Å². The average Bonchev–Trinajstić information content (AvgIpc) is 2.81. The zero-order valence-electron chi connectivity index (χ0n) is 10.7. The van der Waals surface area contributed by atoms with E-state index in [0.717, 1.165) is 24.2 Å². The Bertz CT molecular complexity index is 509. The van der Waals surface area contributed by atoms with E-state index in [-0.39, 0.29) is 6.04 Å². The van der Waals surface area contributed by atoms with E-state index in [9.17, 15) is 0 Å². The van der Waals surface area contributed by atoms with Crippen LogP contribution in [0.4, 0.5) is 0 Å². The molecule has 0 aliphatic heterocycles. The summed E-state index contributed by atoms with van der Waals surface area (Å²) in [7, 11) is 3.59. The maximum Gasteiger partial charge on any atom is 0.217 e. The summed E-state index contributed by atoms with van der Waals surface area (Å²) >= 11 is 0. The molecule has 1 unspecified atom stereocenters. The topological polar surface area (TPSA) is 66.0 Å². The molecule has 0 aliphatic carbocycles. The van der Waals surface area contributed by atoms with Crippen molar-refractivity contribution >= 4 is 0 Å². The number of hydrogen-bond donors (Lipinski definition) is 1. The zero-order valence-corrected chi connectivity index (χ0v) is 10.7. The lowest BCUT2D eigenvalue weighted by Crippen LogP contribution is -2.14. The fourth-order valence-corrected chi connectivity index (χ4v) is 1.93. The smallest absolute Gasteiger partial charge is 0.217 e. The second-order valence-corrected chi connectivity index (χ2v) is 4.20. The molecule has 18 heavy (non-hydrogen) atoms. The average molecular weight is 246 g/mol. The van der Waals surface area contributed by atoms with E-state index >= 15 is 0 Å². The highest BCUT2D eigenvalue weighted by Gasteiger charge is 2.13. The van der Waals surface area contributed by atoms with Crippen molar-refractivity contribution in [3.8, 4) is 5.88 Å². The predicted molar refractivity (Wildman–Crippen MR) is 69.2 cm³/mol. The van der Waals surface area contributed by atoms with Crippen molar-refractivity contribution in [2.45, 2.75) is 18.9 Å². The Morgan fingerprint density at radius 1 is 1.39 bits per heavy atom. The third-order valence-electron chi connectivity index (χ3n) is 2.99. The number of nitrogens with zero attached hydrogens (tertiary/aromatic N) is 3. The molecular formula is C13H18N4O. The van der Waals surface area contributed by atoms with Crippen LogP contribution in [-0.2, 0) is 13.5 Å². The van der Waals surface area contributed by atoms with E-state index in [2.05, 4.69) is 9.97 Å². The lowest BCUT2D eigenvalue weighted by atomic mass is 10.0. The van der Waals surface area contributed by atoms with Crippen LogP contribution in [-0.4, -0.2) is 21.6 Å². The van der Waals surface area contributed by atoms with Crippen molar-refractivity contribution in [2.24, 2.45) is 12.8 Å². The highest BCUT2D eigenvalue weighted by Crippen LogP contribution is 2.23. The molecule has 2 aromatic rings. The molecule has 0 radical (unpaired) electrons. The van der Waals surface area contributed by atoms with E-state index in [1.54, 1.807) is 19.5 Å². The van der Waals surface area contributed by atoms with Gasteiger partial charge in [0.05, 0.1) is 7.11 Å². The normalized spacial score (nSPS) is 12.4. The molecule has 2 N–H and O–H groups in total. The fourth-order valence-electron chi connectivity index (χ4n) is 1.93. The maximum absolute atomic E-state index is 6.18. The largest absolute Gasteiger partial charge is 0.481 e. The minimum atomic E-state index is -0.0923. The van der Waals surface area contributed by atoms with Gasteiger partial charge in [0, 0.05) is 43.7 Å². The SMILES string of the molecule is COc1ncccc1C(N)CCc1nccn1C. The Morgan fingerprint density at radius 3 is 2.89 bits per heavy atom. The second kappa shape index (κ2) is 5.64. The number of aromatic nitrogens is 3. The quantitative estimate of drug-likeness (QED) is 0.867.